The predicted octanol–water partition coefficient (Wildman–Crippen LogP) is 3.05. The normalized spacial score (nSPS) is 17.9. The minimum absolute atomic E-state index is 0.0861. The maximum atomic E-state index is 12.7. The molecule has 0 spiro atoms. The largest absolute Gasteiger partial charge is 0.349 e. The molecule has 1 saturated carbocycles. The van der Waals surface area contributed by atoms with Crippen LogP contribution in [0.1, 0.15) is 49.8 Å². The predicted molar refractivity (Wildman–Crippen MR) is 82.6 cm³/mol. The number of nitrogens with one attached hydrogen (secondary N) is 1. The van der Waals surface area contributed by atoms with Gasteiger partial charge in [-0.15, -0.1) is 0 Å². The van der Waals surface area contributed by atoms with Gasteiger partial charge < -0.3 is 5.32 Å². The van der Waals surface area contributed by atoms with Crippen molar-refractivity contribution < 1.29 is 4.79 Å². The molecule has 1 fully saturated rings. The summed E-state index contributed by atoms with van der Waals surface area (Å²) in [6, 6.07) is 7.94. The van der Waals surface area contributed by atoms with Gasteiger partial charge in [0.1, 0.15) is 6.04 Å². The van der Waals surface area contributed by atoms with Crippen LogP contribution in [0.4, 0.5) is 0 Å². The van der Waals surface area contributed by atoms with Crippen LogP contribution < -0.4 is 5.32 Å². The van der Waals surface area contributed by atoms with Crippen LogP contribution >= 0.6 is 0 Å². The zero-order chi connectivity index (χ0) is 14.8. The highest BCUT2D eigenvalue weighted by Gasteiger charge is 2.44. The van der Waals surface area contributed by atoms with E-state index in [2.05, 4.69) is 31.3 Å². The number of aryl methyl sites for hydroxylation is 1. The Morgan fingerprint density at radius 3 is 2.50 bits per heavy atom. The quantitative estimate of drug-likeness (QED) is 0.864. The summed E-state index contributed by atoms with van der Waals surface area (Å²) in [6.45, 7) is 4.25. The van der Waals surface area contributed by atoms with Crippen molar-refractivity contribution in [1.29, 1.82) is 0 Å². The summed E-state index contributed by atoms with van der Waals surface area (Å²) < 4.78 is 0. The Hall–Kier alpha value is -1.35. The lowest BCUT2D eigenvalue weighted by atomic mass is 9.99. The molecule has 0 aliphatic heterocycles. The summed E-state index contributed by atoms with van der Waals surface area (Å²) >= 11 is 0. The van der Waals surface area contributed by atoms with E-state index in [0.29, 0.717) is 0 Å². The molecule has 3 heteroatoms. The van der Waals surface area contributed by atoms with Crippen LogP contribution in [0, 0.1) is 6.92 Å². The summed E-state index contributed by atoms with van der Waals surface area (Å²) in [7, 11) is 3.94. The second-order valence-corrected chi connectivity index (χ2v) is 6.24. The second-order valence-electron chi connectivity index (χ2n) is 6.24. The molecular formula is C17H26N2O. The van der Waals surface area contributed by atoms with E-state index in [4.69, 9.17) is 0 Å². The van der Waals surface area contributed by atoms with Crippen LogP contribution in [0.25, 0.3) is 0 Å². The summed E-state index contributed by atoms with van der Waals surface area (Å²) in [5.74, 6) is 0.134. The van der Waals surface area contributed by atoms with Gasteiger partial charge >= 0.3 is 0 Å². The van der Waals surface area contributed by atoms with Crippen LogP contribution in [-0.2, 0) is 4.79 Å². The first-order valence-corrected chi connectivity index (χ1v) is 7.53. The Labute approximate surface area is 122 Å². The lowest BCUT2D eigenvalue weighted by Crippen LogP contribution is -2.44. The molecule has 0 bridgehead atoms. The molecule has 1 N–H and O–H groups in total. The van der Waals surface area contributed by atoms with E-state index in [1.54, 1.807) is 0 Å². The van der Waals surface area contributed by atoms with Crippen molar-refractivity contribution >= 4 is 5.91 Å². The molecule has 0 heterocycles. The molecule has 1 amide bonds. The Balaban J connectivity index is 2.17. The third-order valence-electron chi connectivity index (χ3n) is 4.22. The highest BCUT2D eigenvalue weighted by molar-refractivity contribution is 5.84. The summed E-state index contributed by atoms with van der Waals surface area (Å²) in [5, 5.41) is 3.29. The number of likely N-dealkylation sites (N-methyl/N-ethyl adjacent to an activating group) is 1. The molecule has 1 aliphatic rings. The van der Waals surface area contributed by atoms with Crippen molar-refractivity contribution in [2.24, 2.45) is 0 Å². The van der Waals surface area contributed by atoms with Crippen LogP contribution in [0.15, 0.2) is 24.3 Å². The van der Waals surface area contributed by atoms with Crippen molar-refractivity contribution in [3.8, 4) is 0 Å². The second kappa shape index (κ2) is 5.96. The number of nitrogens with zero attached hydrogens (tertiary/aromatic N) is 1. The first-order chi connectivity index (χ1) is 9.49. The van der Waals surface area contributed by atoms with E-state index < -0.39 is 0 Å². The molecule has 3 nitrogen and oxygen atoms in total. The highest BCUT2D eigenvalue weighted by Crippen LogP contribution is 2.40. The fourth-order valence-electron chi connectivity index (χ4n) is 2.94. The third kappa shape index (κ3) is 3.21. The first kappa shape index (κ1) is 15.0. The van der Waals surface area contributed by atoms with Crippen molar-refractivity contribution in [1.82, 2.24) is 10.2 Å². The zero-order valence-corrected chi connectivity index (χ0v) is 13.1. The van der Waals surface area contributed by atoms with Gasteiger partial charge in [-0.25, -0.2) is 0 Å². The standard InChI is InChI=1S/C17H26N2O/c1-5-10-17(11-12-17)18-16(20)15(19(3)4)14-9-7-6-8-13(14)2/h6-9,15H,5,10-12H2,1-4H3,(H,18,20)/t15-/m1/s1. The molecule has 1 aliphatic carbocycles. The van der Waals surface area contributed by atoms with Crippen molar-refractivity contribution in [2.75, 3.05) is 14.1 Å². The molecule has 0 saturated heterocycles. The van der Waals surface area contributed by atoms with Crippen LogP contribution in [-0.4, -0.2) is 30.4 Å². The number of hydrogen-bond acceptors (Lipinski definition) is 2. The van der Waals surface area contributed by atoms with Crippen LogP contribution in [0.3, 0.4) is 0 Å². The van der Waals surface area contributed by atoms with E-state index in [9.17, 15) is 4.79 Å². The van der Waals surface area contributed by atoms with Gasteiger partial charge in [0.05, 0.1) is 0 Å². The SMILES string of the molecule is CCCC1(NC(=O)[C@@H](c2ccccc2C)N(C)C)CC1. The highest BCUT2D eigenvalue weighted by atomic mass is 16.2. The van der Waals surface area contributed by atoms with Crippen molar-refractivity contribution in [3.05, 3.63) is 35.4 Å². The van der Waals surface area contributed by atoms with Crippen LogP contribution in [0.2, 0.25) is 0 Å². The minimum Gasteiger partial charge on any atom is -0.349 e. The Bertz CT molecular complexity index is 478. The Kier molecular flexibility index (Phi) is 4.48. The number of carbonyl (C=O) groups is 1. The van der Waals surface area contributed by atoms with Gasteiger partial charge in [-0.1, -0.05) is 37.6 Å². The topological polar surface area (TPSA) is 32.3 Å². The zero-order valence-electron chi connectivity index (χ0n) is 13.1. The van der Waals surface area contributed by atoms with E-state index in [1.807, 2.05) is 31.1 Å². The molecule has 1 aromatic carbocycles. The van der Waals surface area contributed by atoms with Crippen molar-refractivity contribution in [2.45, 2.75) is 51.1 Å². The lowest BCUT2D eigenvalue weighted by molar-refractivity contribution is -0.126. The van der Waals surface area contributed by atoms with E-state index in [0.717, 1.165) is 31.2 Å². The lowest BCUT2D eigenvalue weighted by Gasteiger charge is -2.28. The summed E-state index contributed by atoms with van der Waals surface area (Å²) in [5.41, 5.74) is 2.35. The number of amides is 1. The molecular weight excluding hydrogens is 248 g/mol. The molecule has 2 rings (SSSR count). The fourth-order valence-corrected chi connectivity index (χ4v) is 2.94. The van der Waals surface area contributed by atoms with Gasteiger partial charge in [-0.3, -0.25) is 9.69 Å². The molecule has 0 aromatic heterocycles. The number of rotatable bonds is 6. The molecule has 110 valence electrons. The maximum Gasteiger partial charge on any atom is 0.242 e. The van der Waals surface area contributed by atoms with E-state index >= 15 is 0 Å². The fraction of sp³-hybridized carbons (Fsp3) is 0.588. The Morgan fingerprint density at radius 2 is 2.00 bits per heavy atom. The van der Waals surface area contributed by atoms with Crippen LogP contribution in [0.5, 0.6) is 0 Å². The Morgan fingerprint density at radius 1 is 1.35 bits per heavy atom. The van der Waals surface area contributed by atoms with Gasteiger partial charge in [-0.05, 0) is 51.4 Å². The third-order valence-corrected chi connectivity index (χ3v) is 4.22. The van der Waals surface area contributed by atoms with Gasteiger partial charge in [0.2, 0.25) is 5.91 Å². The van der Waals surface area contributed by atoms with Gasteiger partial charge in [-0.2, -0.15) is 0 Å². The van der Waals surface area contributed by atoms with Gasteiger partial charge in [0.15, 0.2) is 0 Å². The van der Waals surface area contributed by atoms with Gasteiger partial charge in [0.25, 0.3) is 0 Å². The summed E-state index contributed by atoms with van der Waals surface area (Å²) in [6.07, 6.45) is 4.46. The number of benzene rings is 1. The maximum absolute atomic E-state index is 12.7. The molecule has 0 unspecified atom stereocenters. The number of carbonyl (C=O) groups excluding carboxylic acids is 1. The van der Waals surface area contributed by atoms with Crippen molar-refractivity contribution in [3.63, 3.8) is 0 Å². The molecule has 20 heavy (non-hydrogen) atoms. The van der Waals surface area contributed by atoms with E-state index in [1.165, 1.54) is 5.56 Å². The monoisotopic (exact) mass is 274 g/mol. The first-order valence-electron chi connectivity index (χ1n) is 7.53. The number of hydrogen-bond donors (Lipinski definition) is 1. The van der Waals surface area contributed by atoms with E-state index in [-0.39, 0.29) is 17.5 Å². The average molecular weight is 274 g/mol. The molecule has 0 radical (unpaired) electrons. The average Bonchev–Trinajstić information content (AvgIpc) is 3.11. The molecule has 1 atom stereocenters. The minimum atomic E-state index is -0.203. The molecule has 1 aromatic rings. The summed E-state index contributed by atoms with van der Waals surface area (Å²) in [4.78, 5) is 14.7. The van der Waals surface area contributed by atoms with Gasteiger partial charge in [0, 0.05) is 5.54 Å². The smallest absolute Gasteiger partial charge is 0.242 e.